The molecule has 2 amide bonds. The number of fused-ring (bicyclic) bond motifs is 1. The van der Waals surface area contributed by atoms with Gasteiger partial charge in [0, 0.05) is 76.8 Å². The minimum atomic E-state index is -1.22. The van der Waals surface area contributed by atoms with E-state index in [4.69, 9.17) is 9.47 Å². The molecule has 11 heteroatoms. The Balaban J connectivity index is 0.000000603. The maximum absolute atomic E-state index is 12.9. The van der Waals surface area contributed by atoms with Gasteiger partial charge in [-0.1, -0.05) is 19.6 Å². The number of rotatable bonds is 10. The lowest BCUT2D eigenvalue weighted by atomic mass is 10.0. The van der Waals surface area contributed by atoms with E-state index >= 15 is 0 Å². The molecule has 3 aromatic rings. The number of nitrogens with zero attached hydrogens (tertiary/aromatic N) is 4. The van der Waals surface area contributed by atoms with Crippen LogP contribution in [0.25, 0.3) is 22.2 Å². The van der Waals surface area contributed by atoms with E-state index in [1.807, 2.05) is 16.8 Å². The molecule has 3 aromatic heterocycles. The van der Waals surface area contributed by atoms with Gasteiger partial charge in [0.15, 0.2) is 0 Å². The molecule has 5 heterocycles. The molecule has 38 heavy (non-hydrogen) atoms. The first-order valence-electron chi connectivity index (χ1n) is 13.1. The largest absolute Gasteiger partial charge is 0.396 e. The van der Waals surface area contributed by atoms with Crippen LogP contribution in [0, 0.1) is 0 Å². The third kappa shape index (κ3) is 6.65. The molecular formula is C27H37N5O5Si. The minimum Gasteiger partial charge on any atom is -0.396 e. The lowest BCUT2D eigenvalue weighted by molar-refractivity contribution is -0.122. The number of amides is 2. The van der Waals surface area contributed by atoms with Crippen LogP contribution in [0.1, 0.15) is 30.7 Å². The zero-order valence-electron chi connectivity index (χ0n) is 22.4. The number of carbonyl (C=O) groups is 2. The molecule has 2 aliphatic rings. The van der Waals surface area contributed by atoms with Crippen molar-refractivity contribution in [3.8, 4) is 0 Å². The first-order chi connectivity index (χ1) is 18.3. The third-order valence-corrected chi connectivity index (χ3v) is 8.09. The number of hydrogen-bond donors (Lipinski definition) is 2. The number of imide groups is 1. The Labute approximate surface area is 223 Å². The van der Waals surface area contributed by atoms with E-state index in [-0.39, 0.29) is 24.5 Å². The van der Waals surface area contributed by atoms with Gasteiger partial charge in [-0.2, -0.15) is 0 Å². The maximum Gasteiger partial charge on any atom is 0.262 e. The highest BCUT2D eigenvalue weighted by Gasteiger charge is 2.36. The van der Waals surface area contributed by atoms with Crippen molar-refractivity contribution in [2.24, 2.45) is 0 Å². The molecule has 0 aromatic carbocycles. The molecule has 5 rings (SSSR count). The van der Waals surface area contributed by atoms with Gasteiger partial charge in [-0.15, -0.1) is 0 Å². The van der Waals surface area contributed by atoms with Crippen molar-refractivity contribution in [2.75, 3.05) is 26.4 Å². The fourth-order valence-electron chi connectivity index (χ4n) is 4.35. The average Bonchev–Trinajstić information content (AvgIpc) is 3.68. The summed E-state index contributed by atoms with van der Waals surface area (Å²) in [4.78, 5) is 34.6. The van der Waals surface area contributed by atoms with Crippen molar-refractivity contribution in [2.45, 2.75) is 58.2 Å². The van der Waals surface area contributed by atoms with Gasteiger partial charge in [0.05, 0.1) is 11.1 Å². The van der Waals surface area contributed by atoms with E-state index in [0.717, 1.165) is 24.6 Å². The Bertz CT molecular complexity index is 1300. The van der Waals surface area contributed by atoms with Crippen LogP contribution in [0.4, 0.5) is 0 Å². The van der Waals surface area contributed by atoms with Crippen molar-refractivity contribution in [1.29, 1.82) is 0 Å². The molecule has 0 saturated carbocycles. The lowest BCUT2D eigenvalue weighted by Crippen LogP contribution is -2.23. The zero-order chi connectivity index (χ0) is 27.1. The Kier molecular flexibility index (Phi) is 9.26. The second-order valence-corrected chi connectivity index (χ2v) is 16.2. The minimum absolute atomic E-state index is 0.0455. The second kappa shape index (κ2) is 12.6. The van der Waals surface area contributed by atoms with Gasteiger partial charge in [0.25, 0.3) is 11.8 Å². The molecule has 0 aliphatic carbocycles. The molecule has 10 nitrogen and oxygen atoms in total. The van der Waals surface area contributed by atoms with Gasteiger partial charge in [-0.05, 0) is 37.4 Å². The summed E-state index contributed by atoms with van der Waals surface area (Å²) < 4.78 is 14.4. The second-order valence-electron chi connectivity index (χ2n) is 10.6. The summed E-state index contributed by atoms with van der Waals surface area (Å²) in [5, 5.41) is 12.4. The first kappa shape index (κ1) is 27.9. The molecule has 1 fully saturated rings. The number of nitrogens with one attached hydrogen (secondary N) is 1. The number of pyridine rings is 1. The molecule has 1 saturated heterocycles. The van der Waals surface area contributed by atoms with Crippen LogP contribution in [-0.4, -0.2) is 70.5 Å². The SMILES string of the molecule is C1CCOC1.C[Si](C)(C)CCOCn1ccnc1C1=C(c2cn(CCCO)c3ncccc23)C(=O)NC1=O. The molecule has 0 unspecified atom stereocenters. The number of aryl methyl sites for hydroxylation is 1. The normalized spacial score (nSPS) is 15.8. The Morgan fingerprint density at radius 3 is 2.53 bits per heavy atom. The molecular weight excluding hydrogens is 502 g/mol. The van der Waals surface area contributed by atoms with E-state index in [1.165, 1.54) is 12.8 Å². The number of imidazole rings is 1. The average molecular weight is 540 g/mol. The monoisotopic (exact) mass is 539 g/mol. The van der Waals surface area contributed by atoms with Gasteiger partial charge >= 0.3 is 0 Å². The van der Waals surface area contributed by atoms with Crippen LogP contribution < -0.4 is 5.32 Å². The highest BCUT2D eigenvalue weighted by atomic mass is 28.3. The quantitative estimate of drug-likeness (QED) is 0.230. The number of aromatic nitrogens is 4. The van der Waals surface area contributed by atoms with E-state index in [2.05, 4.69) is 34.9 Å². The van der Waals surface area contributed by atoms with Gasteiger partial charge in [-0.25, -0.2) is 9.97 Å². The molecule has 0 atom stereocenters. The predicted molar refractivity (Wildman–Crippen MR) is 148 cm³/mol. The fraction of sp³-hybridized carbons (Fsp3) is 0.481. The van der Waals surface area contributed by atoms with Gasteiger partial charge in [-0.3, -0.25) is 14.9 Å². The van der Waals surface area contributed by atoms with E-state index < -0.39 is 19.9 Å². The maximum atomic E-state index is 12.9. The van der Waals surface area contributed by atoms with Crippen molar-refractivity contribution in [3.63, 3.8) is 0 Å². The highest BCUT2D eigenvalue weighted by molar-refractivity contribution is 6.76. The Hall–Kier alpha value is -3.12. The smallest absolute Gasteiger partial charge is 0.262 e. The van der Waals surface area contributed by atoms with E-state index in [0.29, 0.717) is 36.6 Å². The molecule has 0 spiro atoms. The first-order valence-corrected chi connectivity index (χ1v) is 16.8. The summed E-state index contributed by atoms with van der Waals surface area (Å²) in [7, 11) is -1.22. The van der Waals surface area contributed by atoms with Crippen molar-refractivity contribution < 1.29 is 24.2 Å². The lowest BCUT2D eigenvalue weighted by Gasteiger charge is -2.16. The molecule has 2 aliphatic heterocycles. The molecule has 0 radical (unpaired) electrons. The van der Waals surface area contributed by atoms with Crippen LogP contribution in [-0.2, 0) is 32.3 Å². The summed E-state index contributed by atoms with van der Waals surface area (Å²) >= 11 is 0. The number of ether oxygens (including phenoxy) is 2. The zero-order valence-corrected chi connectivity index (χ0v) is 23.4. The number of aliphatic hydroxyl groups is 1. The summed E-state index contributed by atoms with van der Waals surface area (Å²) in [6, 6.07) is 4.70. The topological polar surface area (TPSA) is 120 Å². The van der Waals surface area contributed by atoms with Crippen molar-refractivity contribution >= 4 is 42.1 Å². The van der Waals surface area contributed by atoms with Crippen LogP contribution in [0.5, 0.6) is 0 Å². The fourth-order valence-corrected chi connectivity index (χ4v) is 5.11. The third-order valence-electron chi connectivity index (χ3n) is 6.38. The van der Waals surface area contributed by atoms with Gasteiger partial charge in [0.2, 0.25) is 0 Å². The standard InChI is InChI=1S/C23H29N5O4Si.C4H8O/c1-33(2,3)13-12-32-15-28-10-8-25-21(28)19-18(22(30)26-23(19)31)17-14-27(9-5-11-29)20-16(17)6-4-7-24-20;1-2-4-5-3-1/h4,6-8,10,14,29H,5,9,11-13,15H2,1-3H3,(H,26,30,31);1-4H2. The van der Waals surface area contributed by atoms with Gasteiger partial charge < -0.3 is 23.7 Å². The summed E-state index contributed by atoms with van der Waals surface area (Å²) in [6.45, 7) is 10.3. The van der Waals surface area contributed by atoms with Crippen LogP contribution >= 0.6 is 0 Å². The Morgan fingerprint density at radius 2 is 1.84 bits per heavy atom. The van der Waals surface area contributed by atoms with Crippen LogP contribution in [0.15, 0.2) is 36.9 Å². The molecule has 0 bridgehead atoms. The summed E-state index contributed by atoms with van der Waals surface area (Å²) in [5.41, 5.74) is 1.81. The summed E-state index contributed by atoms with van der Waals surface area (Å²) in [6.07, 6.45) is 9.95. The van der Waals surface area contributed by atoms with E-state index in [1.54, 1.807) is 29.2 Å². The van der Waals surface area contributed by atoms with Crippen LogP contribution in [0.3, 0.4) is 0 Å². The molecule has 2 N–H and O–H groups in total. The number of hydrogen-bond acceptors (Lipinski definition) is 7. The number of carbonyl (C=O) groups excluding carboxylic acids is 2. The van der Waals surface area contributed by atoms with Crippen LogP contribution in [0.2, 0.25) is 25.7 Å². The highest BCUT2D eigenvalue weighted by Crippen LogP contribution is 2.35. The van der Waals surface area contributed by atoms with Crippen molar-refractivity contribution in [3.05, 3.63) is 48.3 Å². The van der Waals surface area contributed by atoms with Crippen molar-refractivity contribution in [1.82, 2.24) is 24.4 Å². The summed E-state index contributed by atoms with van der Waals surface area (Å²) in [5.74, 6) is -0.555. The Morgan fingerprint density at radius 1 is 1.08 bits per heavy atom. The predicted octanol–water partition coefficient (Wildman–Crippen LogP) is 3.29. The van der Waals surface area contributed by atoms with Gasteiger partial charge in [0.1, 0.15) is 18.2 Å². The van der Waals surface area contributed by atoms with E-state index in [9.17, 15) is 14.7 Å². The molecule has 204 valence electrons. The number of aliphatic hydroxyl groups excluding tert-OH is 1.